The molecular formula is C20H22N4. The molecule has 2 aromatic carbocycles. The molecule has 0 atom stereocenters. The van der Waals surface area contributed by atoms with Crippen molar-refractivity contribution in [2.75, 3.05) is 11.4 Å². The molecule has 2 heterocycles. The van der Waals surface area contributed by atoms with E-state index in [1.807, 2.05) is 29.1 Å². The van der Waals surface area contributed by atoms with E-state index in [4.69, 9.17) is 0 Å². The van der Waals surface area contributed by atoms with E-state index in [1.54, 1.807) is 0 Å². The van der Waals surface area contributed by atoms with Gasteiger partial charge < -0.3 is 4.90 Å². The number of aryl methyl sites for hydroxylation is 2. The Hall–Kier alpha value is -2.62. The first-order valence-corrected chi connectivity index (χ1v) is 8.61. The maximum atomic E-state index is 4.29. The second kappa shape index (κ2) is 6.48. The Balaban J connectivity index is 1.67. The highest BCUT2D eigenvalue weighted by atomic mass is 15.4. The Bertz CT molecular complexity index is 823. The SMILES string of the molecule is Cc1ccc2c(c1)N(Cc1cnnn1-c1ccccc1)CCCC2. The molecule has 0 amide bonds. The van der Waals surface area contributed by atoms with Crippen LogP contribution in [0.2, 0.25) is 0 Å². The summed E-state index contributed by atoms with van der Waals surface area (Å²) in [4.78, 5) is 2.48. The molecule has 24 heavy (non-hydrogen) atoms. The van der Waals surface area contributed by atoms with Gasteiger partial charge in [-0.2, -0.15) is 0 Å². The van der Waals surface area contributed by atoms with E-state index in [9.17, 15) is 0 Å². The van der Waals surface area contributed by atoms with Crippen molar-refractivity contribution in [2.45, 2.75) is 32.7 Å². The minimum absolute atomic E-state index is 0.832. The van der Waals surface area contributed by atoms with E-state index in [0.717, 1.165) is 24.5 Å². The average molecular weight is 318 g/mol. The van der Waals surface area contributed by atoms with Crippen LogP contribution in [0.4, 0.5) is 5.69 Å². The summed E-state index contributed by atoms with van der Waals surface area (Å²) in [5, 5.41) is 8.44. The molecule has 3 aromatic rings. The Labute approximate surface area is 142 Å². The van der Waals surface area contributed by atoms with Crippen molar-refractivity contribution in [3.8, 4) is 5.69 Å². The third-order valence-electron chi connectivity index (χ3n) is 4.68. The lowest BCUT2D eigenvalue weighted by molar-refractivity contribution is 0.687. The summed E-state index contributed by atoms with van der Waals surface area (Å²) >= 11 is 0. The van der Waals surface area contributed by atoms with Crippen molar-refractivity contribution >= 4 is 5.69 Å². The molecule has 0 saturated heterocycles. The van der Waals surface area contributed by atoms with E-state index in [0.29, 0.717) is 0 Å². The average Bonchev–Trinajstić information content (AvgIpc) is 2.98. The highest BCUT2D eigenvalue weighted by Gasteiger charge is 2.18. The summed E-state index contributed by atoms with van der Waals surface area (Å²) in [5.41, 5.74) is 6.32. The number of rotatable bonds is 3. The quantitative estimate of drug-likeness (QED) is 0.734. The lowest BCUT2D eigenvalue weighted by atomic mass is 10.1. The molecule has 1 aliphatic heterocycles. The normalized spacial score (nSPS) is 14.3. The van der Waals surface area contributed by atoms with Crippen LogP contribution in [0.5, 0.6) is 0 Å². The molecule has 4 rings (SSSR count). The zero-order valence-corrected chi connectivity index (χ0v) is 14.0. The van der Waals surface area contributed by atoms with Gasteiger partial charge in [-0.15, -0.1) is 5.10 Å². The van der Waals surface area contributed by atoms with Gasteiger partial charge >= 0.3 is 0 Å². The van der Waals surface area contributed by atoms with Crippen LogP contribution < -0.4 is 4.90 Å². The number of hydrogen-bond acceptors (Lipinski definition) is 3. The molecular weight excluding hydrogens is 296 g/mol. The molecule has 0 N–H and O–H groups in total. The summed E-state index contributed by atoms with van der Waals surface area (Å²) in [6, 6.07) is 17.0. The third-order valence-corrected chi connectivity index (χ3v) is 4.68. The van der Waals surface area contributed by atoms with Gasteiger partial charge in [-0.1, -0.05) is 35.5 Å². The fourth-order valence-electron chi connectivity index (χ4n) is 3.43. The molecule has 0 unspecified atom stereocenters. The maximum absolute atomic E-state index is 4.29. The second-order valence-corrected chi connectivity index (χ2v) is 6.48. The summed E-state index contributed by atoms with van der Waals surface area (Å²) in [5.74, 6) is 0. The standard InChI is InChI=1S/C20H22N4/c1-16-10-11-17-7-5-6-12-23(20(17)13-16)15-19-14-21-22-24(19)18-8-3-2-4-9-18/h2-4,8-11,13-14H,5-7,12,15H2,1H3. The van der Waals surface area contributed by atoms with Crippen LogP contribution in [0.15, 0.2) is 54.7 Å². The largest absolute Gasteiger partial charge is 0.365 e. The molecule has 122 valence electrons. The number of benzene rings is 2. The van der Waals surface area contributed by atoms with Crippen LogP contribution in [0.3, 0.4) is 0 Å². The van der Waals surface area contributed by atoms with Crippen molar-refractivity contribution in [2.24, 2.45) is 0 Å². The Kier molecular flexibility index (Phi) is 4.03. The summed E-state index contributed by atoms with van der Waals surface area (Å²) in [6.45, 7) is 4.08. The van der Waals surface area contributed by atoms with Gasteiger partial charge in [0, 0.05) is 12.2 Å². The minimum atomic E-state index is 0.832. The van der Waals surface area contributed by atoms with Gasteiger partial charge in [0.2, 0.25) is 0 Å². The molecule has 0 radical (unpaired) electrons. The third kappa shape index (κ3) is 2.92. The van der Waals surface area contributed by atoms with Crippen molar-refractivity contribution < 1.29 is 0 Å². The van der Waals surface area contributed by atoms with Gasteiger partial charge in [-0.05, 0) is 55.5 Å². The number of hydrogen-bond donors (Lipinski definition) is 0. The summed E-state index contributed by atoms with van der Waals surface area (Å²) < 4.78 is 1.94. The van der Waals surface area contributed by atoms with Gasteiger partial charge in [-0.3, -0.25) is 0 Å². The van der Waals surface area contributed by atoms with Crippen molar-refractivity contribution in [3.05, 3.63) is 71.5 Å². The molecule has 1 aromatic heterocycles. The van der Waals surface area contributed by atoms with Crippen molar-refractivity contribution in [3.63, 3.8) is 0 Å². The maximum Gasteiger partial charge on any atom is 0.0838 e. The molecule has 4 nitrogen and oxygen atoms in total. The van der Waals surface area contributed by atoms with Gasteiger partial charge in [0.15, 0.2) is 0 Å². The van der Waals surface area contributed by atoms with Gasteiger partial charge in [0.1, 0.15) is 0 Å². The molecule has 0 bridgehead atoms. The van der Waals surface area contributed by atoms with Gasteiger partial charge in [-0.25, -0.2) is 4.68 Å². The number of aromatic nitrogens is 3. The zero-order chi connectivity index (χ0) is 16.4. The predicted molar refractivity (Wildman–Crippen MR) is 96.5 cm³/mol. The van der Waals surface area contributed by atoms with Crippen LogP contribution in [0, 0.1) is 6.92 Å². The Morgan fingerprint density at radius 2 is 1.92 bits per heavy atom. The molecule has 1 aliphatic rings. The number of para-hydroxylation sites is 1. The van der Waals surface area contributed by atoms with E-state index in [1.165, 1.54) is 36.1 Å². The van der Waals surface area contributed by atoms with E-state index >= 15 is 0 Å². The number of anilines is 1. The Morgan fingerprint density at radius 3 is 2.79 bits per heavy atom. The topological polar surface area (TPSA) is 34.0 Å². The first kappa shape index (κ1) is 14.9. The molecule has 0 spiro atoms. The monoisotopic (exact) mass is 318 g/mol. The highest BCUT2D eigenvalue weighted by Crippen LogP contribution is 2.29. The Morgan fingerprint density at radius 1 is 1.04 bits per heavy atom. The molecule has 0 saturated carbocycles. The summed E-state index contributed by atoms with van der Waals surface area (Å²) in [7, 11) is 0. The minimum Gasteiger partial charge on any atom is -0.365 e. The molecule has 4 heteroatoms. The van der Waals surface area contributed by atoms with E-state index in [2.05, 4.69) is 52.5 Å². The predicted octanol–water partition coefficient (Wildman–Crippen LogP) is 3.92. The molecule has 0 aliphatic carbocycles. The second-order valence-electron chi connectivity index (χ2n) is 6.48. The zero-order valence-electron chi connectivity index (χ0n) is 14.0. The van der Waals surface area contributed by atoms with Crippen molar-refractivity contribution in [1.29, 1.82) is 0 Å². The van der Waals surface area contributed by atoms with Crippen LogP contribution in [0.1, 0.15) is 29.7 Å². The van der Waals surface area contributed by atoms with Crippen molar-refractivity contribution in [1.82, 2.24) is 15.0 Å². The van der Waals surface area contributed by atoms with Crippen LogP contribution >= 0.6 is 0 Å². The fourth-order valence-corrected chi connectivity index (χ4v) is 3.43. The number of nitrogens with zero attached hydrogens (tertiary/aromatic N) is 4. The van der Waals surface area contributed by atoms with Gasteiger partial charge in [0.05, 0.1) is 24.1 Å². The fraction of sp³-hybridized carbons (Fsp3) is 0.300. The highest BCUT2D eigenvalue weighted by molar-refractivity contribution is 5.56. The van der Waals surface area contributed by atoms with Crippen LogP contribution in [0.25, 0.3) is 5.69 Å². The van der Waals surface area contributed by atoms with E-state index < -0.39 is 0 Å². The smallest absolute Gasteiger partial charge is 0.0838 e. The van der Waals surface area contributed by atoms with E-state index in [-0.39, 0.29) is 0 Å². The summed E-state index contributed by atoms with van der Waals surface area (Å²) in [6.07, 6.45) is 5.53. The van der Waals surface area contributed by atoms with Gasteiger partial charge in [0.25, 0.3) is 0 Å². The van der Waals surface area contributed by atoms with Crippen LogP contribution in [-0.2, 0) is 13.0 Å². The lowest BCUT2D eigenvalue weighted by Crippen LogP contribution is -2.25. The lowest BCUT2D eigenvalue weighted by Gasteiger charge is -2.25. The molecule has 0 fully saturated rings. The van der Waals surface area contributed by atoms with Crippen LogP contribution in [-0.4, -0.2) is 21.5 Å². The number of fused-ring (bicyclic) bond motifs is 1. The first-order chi connectivity index (χ1) is 11.8. The first-order valence-electron chi connectivity index (χ1n) is 8.61.